The Labute approximate surface area is 87.8 Å². The number of ketones is 1. The van der Waals surface area contributed by atoms with Crippen molar-refractivity contribution in [2.45, 2.75) is 12.8 Å². The first kappa shape index (κ1) is 9.65. The molecule has 0 fully saturated rings. The normalized spacial score (nSPS) is 12.3. The van der Waals surface area contributed by atoms with E-state index in [1.54, 1.807) is 24.5 Å². The van der Waals surface area contributed by atoms with Gasteiger partial charge < -0.3 is 4.42 Å². The number of hydrogen-bond donors (Lipinski definition) is 0. The Morgan fingerprint density at radius 3 is 2.67 bits per heavy atom. The van der Waals surface area contributed by atoms with Gasteiger partial charge >= 0.3 is 0 Å². The van der Waals surface area contributed by atoms with Crippen molar-refractivity contribution < 1.29 is 9.21 Å². The Kier molecular flexibility index (Phi) is 2.63. The molecule has 2 heterocycles. The van der Waals surface area contributed by atoms with Gasteiger partial charge in [-0.3, -0.25) is 9.78 Å². The standard InChI is InChI=1S/C12H11NO2/c1-9(10-4-6-13-7-5-10)12(14)11-3-2-8-15-11/h2-9H,1H3. The summed E-state index contributed by atoms with van der Waals surface area (Å²) >= 11 is 0. The first-order chi connectivity index (χ1) is 7.29. The van der Waals surface area contributed by atoms with Gasteiger partial charge in [-0.25, -0.2) is 0 Å². The van der Waals surface area contributed by atoms with Gasteiger partial charge in [-0.05, 0) is 29.8 Å². The molecule has 0 aliphatic carbocycles. The topological polar surface area (TPSA) is 43.1 Å². The third kappa shape index (κ3) is 1.96. The van der Waals surface area contributed by atoms with Gasteiger partial charge in [-0.1, -0.05) is 6.92 Å². The molecule has 1 atom stereocenters. The summed E-state index contributed by atoms with van der Waals surface area (Å²) in [5, 5.41) is 0. The predicted octanol–water partition coefficient (Wildman–Crippen LogP) is 2.66. The van der Waals surface area contributed by atoms with Crippen LogP contribution in [0.15, 0.2) is 47.3 Å². The molecule has 76 valence electrons. The summed E-state index contributed by atoms with van der Waals surface area (Å²) in [5.41, 5.74) is 0.950. The van der Waals surface area contributed by atoms with E-state index in [4.69, 9.17) is 4.42 Å². The minimum absolute atomic E-state index is 0.00815. The number of pyridine rings is 1. The highest BCUT2D eigenvalue weighted by atomic mass is 16.3. The van der Waals surface area contributed by atoms with Gasteiger partial charge in [-0.15, -0.1) is 0 Å². The summed E-state index contributed by atoms with van der Waals surface area (Å²) in [6.45, 7) is 1.86. The molecule has 0 N–H and O–H groups in total. The number of aromatic nitrogens is 1. The zero-order chi connectivity index (χ0) is 10.7. The van der Waals surface area contributed by atoms with Gasteiger partial charge in [0.1, 0.15) is 0 Å². The van der Waals surface area contributed by atoms with Crippen LogP contribution in [-0.2, 0) is 0 Å². The smallest absolute Gasteiger partial charge is 0.205 e. The molecule has 0 amide bonds. The monoisotopic (exact) mass is 201 g/mol. The largest absolute Gasteiger partial charge is 0.461 e. The maximum absolute atomic E-state index is 11.9. The van der Waals surface area contributed by atoms with E-state index in [0.29, 0.717) is 5.76 Å². The number of Topliss-reactive ketones (excluding diaryl/α,β-unsaturated/α-hetero) is 1. The van der Waals surface area contributed by atoms with Crippen LogP contribution in [0.25, 0.3) is 0 Å². The number of nitrogens with zero attached hydrogens (tertiary/aromatic N) is 1. The highest BCUT2D eigenvalue weighted by Gasteiger charge is 2.18. The zero-order valence-electron chi connectivity index (χ0n) is 8.38. The van der Waals surface area contributed by atoms with Crippen molar-refractivity contribution in [3.63, 3.8) is 0 Å². The minimum atomic E-state index is -0.195. The van der Waals surface area contributed by atoms with Crippen LogP contribution in [0.2, 0.25) is 0 Å². The SMILES string of the molecule is CC(C(=O)c1ccco1)c1ccncc1. The Balaban J connectivity index is 2.23. The molecule has 0 aliphatic rings. The van der Waals surface area contributed by atoms with E-state index >= 15 is 0 Å². The van der Waals surface area contributed by atoms with Gasteiger partial charge in [0.15, 0.2) is 5.76 Å². The van der Waals surface area contributed by atoms with Crippen LogP contribution in [0.1, 0.15) is 29.0 Å². The summed E-state index contributed by atoms with van der Waals surface area (Å²) in [6.07, 6.45) is 4.87. The lowest BCUT2D eigenvalue weighted by Gasteiger charge is -2.07. The predicted molar refractivity (Wildman–Crippen MR) is 55.7 cm³/mol. The molecule has 0 saturated carbocycles. The van der Waals surface area contributed by atoms with Crippen LogP contribution >= 0.6 is 0 Å². The molecule has 0 radical (unpaired) electrons. The third-order valence-electron chi connectivity index (χ3n) is 2.36. The maximum atomic E-state index is 11.9. The van der Waals surface area contributed by atoms with Crippen molar-refractivity contribution in [2.24, 2.45) is 0 Å². The summed E-state index contributed by atoms with van der Waals surface area (Å²) in [7, 11) is 0. The molecule has 0 spiro atoms. The van der Waals surface area contributed by atoms with E-state index < -0.39 is 0 Å². The lowest BCUT2D eigenvalue weighted by atomic mass is 9.96. The van der Waals surface area contributed by atoms with Gasteiger partial charge in [0, 0.05) is 18.3 Å². The summed E-state index contributed by atoms with van der Waals surface area (Å²) in [5.74, 6) is 0.199. The van der Waals surface area contributed by atoms with Gasteiger partial charge in [0.2, 0.25) is 5.78 Å². The quantitative estimate of drug-likeness (QED) is 0.717. The lowest BCUT2D eigenvalue weighted by Crippen LogP contribution is -2.08. The molecule has 2 aromatic rings. The fourth-order valence-corrected chi connectivity index (χ4v) is 1.44. The third-order valence-corrected chi connectivity index (χ3v) is 2.36. The number of furan rings is 1. The average molecular weight is 201 g/mol. The molecular formula is C12H11NO2. The second-order valence-corrected chi connectivity index (χ2v) is 3.34. The molecule has 0 aliphatic heterocycles. The van der Waals surface area contributed by atoms with E-state index in [1.807, 2.05) is 19.1 Å². The second-order valence-electron chi connectivity index (χ2n) is 3.34. The Morgan fingerprint density at radius 1 is 1.33 bits per heavy atom. The first-order valence-corrected chi connectivity index (χ1v) is 4.76. The number of carbonyl (C=O) groups excluding carboxylic acids is 1. The van der Waals surface area contributed by atoms with Gasteiger partial charge in [-0.2, -0.15) is 0 Å². The van der Waals surface area contributed by atoms with Crippen LogP contribution in [0, 0.1) is 0 Å². The fraction of sp³-hybridized carbons (Fsp3) is 0.167. The molecule has 3 nitrogen and oxygen atoms in total. The van der Waals surface area contributed by atoms with Crippen molar-refractivity contribution in [3.8, 4) is 0 Å². The molecule has 3 heteroatoms. The van der Waals surface area contributed by atoms with Crippen LogP contribution in [0.4, 0.5) is 0 Å². The van der Waals surface area contributed by atoms with E-state index in [0.717, 1.165) is 5.56 Å². The maximum Gasteiger partial charge on any atom is 0.205 e. The van der Waals surface area contributed by atoms with Gasteiger partial charge in [0.05, 0.1) is 6.26 Å². The van der Waals surface area contributed by atoms with Crippen LogP contribution in [0.3, 0.4) is 0 Å². The first-order valence-electron chi connectivity index (χ1n) is 4.76. The number of rotatable bonds is 3. The summed E-state index contributed by atoms with van der Waals surface area (Å²) in [6, 6.07) is 7.07. The van der Waals surface area contributed by atoms with Crippen LogP contribution in [-0.4, -0.2) is 10.8 Å². The zero-order valence-corrected chi connectivity index (χ0v) is 8.38. The molecule has 2 rings (SSSR count). The van der Waals surface area contributed by atoms with Crippen molar-refractivity contribution in [1.29, 1.82) is 0 Å². The van der Waals surface area contributed by atoms with E-state index in [-0.39, 0.29) is 11.7 Å². The van der Waals surface area contributed by atoms with E-state index in [2.05, 4.69) is 4.98 Å². The Bertz CT molecular complexity index is 434. The molecular weight excluding hydrogens is 190 g/mol. The lowest BCUT2D eigenvalue weighted by molar-refractivity contribution is 0.0939. The van der Waals surface area contributed by atoms with Crippen molar-refractivity contribution in [1.82, 2.24) is 4.98 Å². The molecule has 1 unspecified atom stereocenters. The summed E-state index contributed by atoms with van der Waals surface area (Å²) < 4.78 is 5.07. The molecule has 0 aromatic carbocycles. The van der Waals surface area contributed by atoms with Crippen molar-refractivity contribution >= 4 is 5.78 Å². The minimum Gasteiger partial charge on any atom is -0.461 e. The van der Waals surface area contributed by atoms with Crippen LogP contribution in [0.5, 0.6) is 0 Å². The number of carbonyl (C=O) groups is 1. The van der Waals surface area contributed by atoms with Crippen molar-refractivity contribution in [2.75, 3.05) is 0 Å². The Hall–Kier alpha value is -1.90. The van der Waals surface area contributed by atoms with Crippen molar-refractivity contribution in [3.05, 3.63) is 54.2 Å². The molecule has 15 heavy (non-hydrogen) atoms. The van der Waals surface area contributed by atoms with E-state index in [1.165, 1.54) is 6.26 Å². The average Bonchev–Trinajstić information content (AvgIpc) is 2.82. The van der Waals surface area contributed by atoms with Gasteiger partial charge in [0.25, 0.3) is 0 Å². The second kappa shape index (κ2) is 4.09. The number of hydrogen-bond acceptors (Lipinski definition) is 3. The fourth-order valence-electron chi connectivity index (χ4n) is 1.44. The highest BCUT2D eigenvalue weighted by Crippen LogP contribution is 2.19. The van der Waals surface area contributed by atoms with Crippen LogP contribution < -0.4 is 0 Å². The highest BCUT2D eigenvalue weighted by molar-refractivity contribution is 5.98. The molecule has 0 bridgehead atoms. The Morgan fingerprint density at radius 2 is 2.07 bits per heavy atom. The van der Waals surface area contributed by atoms with E-state index in [9.17, 15) is 4.79 Å². The molecule has 2 aromatic heterocycles. The summed E-state index contributed by atoms with van der Waals surface area (Å²) in [4.78, 5) is 15.8. The molecule has 0 saturated heterocycles.